The molecule has 2 atom stereocenters. The van der Waals surface area contributed by atoms with Gasteiger partial charge in [-0.3, -0.25) is 9.59 Å². The molecule has 1 aromatic carbocycles. The van der Waals surface area contributed by atoms with E-state index < -0.39 is 35.3 Å². The van der Waals surface area contributed by atoms with E-state index in [9.17, 15) is 22.8 Å². The van der Waals surface area contributed by atoms with Crippen molar-refractivity contribution < 1.29 is 22.8 Å². The third-order valence-electron chi connectivity index (χ3n) is 5.58. The second kappa shape index (κ2) is 7.34. The first-order valence-corrected chi connectivity index (χ1v) is 9.46. The molecule has 0 saturated carbocycles. The number of halogens is 4. The van der Waals surface area contributed by atoms with Gasteiger partial charge in [-0.05, 0) is 30.4 Å². The highest BCUT2D eigenvalue weighted by atomic mass is 35.5. The number of nitrogens with one attached hydrogen (secondary N) is 1. The Morgan fingerprint density at radius 1 is 1.26 bits per heavy atom. The minimum atomic E-state index is -4.44. The predicted molar refractivity (Wildman–Crippen MR) is 95.3 cm³/mol. The first kappa shape index (κ1) is 20.0. The minimum absolute atomic E-state index is 0.0300. The zero-order chi connectivity index (χ0) is 19.8. The van der Waals surface area contributed by atoms with Crippen LogP contribution in [-0.2, 0) is 22.4 Å². The molecule has 1 aliphatic carbocycles. The highest BCUT2D eigenvalue weighted by molar-refractivity contribution is 6.27. The van der Waals surface area contributed by atoms with Gasteiger partial charge in [0.05, 0.1) is 17.4 Å². The van der Waals surface area contributed by atoms with E-state index in [1.54, 1.807) is 0 Å². The van der Waals surface area contributed by atoms with Crippen LogP contribution in [0.25, 0.3) is 0 Å². The summed E-state index contributed by atoms with van der Waals surface area (Å²) in [5, 5.41) is 2.35. The number of hydrogen-bond acceptors (Lipinski definition) is 2. The molecule has 0 spiro atoms. The van der Waals surface area contributed by atoms with Crippen molar-refractivity contribution in [2.45, 2.75) is 38.4 Å². The molecule has 0 bridgehead atoms. The lowest BCUT2D eigenvalue weighted by Gasteiger charge is -2.42. The summed E-state index contributed by atoms with van der Waals surface area (Å²) in [5.74, 6) is -2.92. The first-order valence-electron chi connectivity index (χ1n) is 8.92. The van der Waals surface area contributed by atoms with Gasteiger partial charge in [0.25, 0.3) is 0 Å². The van der Waals surface area contributed by atoms with Crippen LogP contribution in [0.3, 0.4) is 0 Å². The number of hydrogen-bond donors (Lipinski definition) is 1. The number of fused-ring (bicyclic) bond motifs is 1. The van der Waals surface area contributed by atoms with Crippen molar-refractivity contribution in [2.24, 2.45) is 11.3 Å². The standard InChI is InChI=1S/C19H22ClF3N2O2/c1-18(8-12-4-2-3-5-13(12)9-18)17(27)25-7-6-14(19(21,22)23)15(11-25)24-16(26)10-20/h2-5,14-15H,6-11H2,1H3,(H,24,26). The Balaban J connectivity index is 1.75. The van der Waals surface area contributed by atoms with E-state index >= 15 is 0 Å². The molecule has 0 aromatic heterocycles. The molecule has 1 heterocycles. The molecule has 2 amide bonds. The maximum atomic E-state index is 13.3. The number of nitrogens with zero attached hydrogens (tertiary/aromatic N) is 1. The number of likely N-dealkylation sites (tertiary alicyclic amines) is 1. The molecule has 1 fully saturated rings. The van der Waals surface area contributed by atoms with Crippen LogP contribution in [0.15, 0.2) is 24.3 Å². The molecule has 1 aromatic rings. The van der Waals surface area contributed by atoms with Gasteiger partial charge in [0.2, 0.25) is 11.8 Å². The average molecular weight is 403 g/mol. The fourth-order valence-corrected chi connectivity index (χ4v) is 4.34. The van der Waals surface area contributed by atoms with E-state index in [1.807, 2.05) is 31.2 Å². The largest absolute Gasteiger partial charge is 0.393 e. The zero-order valence-corrected chi connectivity index (χ0v) is 15.7. The van der Waals surface area contributed by atoms with Crippen molar-refractivity contribution in [3.63, 3.8) is 0 Å². The molecule has 1 aliphatic heterocycles. The van der Waals surface area contributed by atoms with Crippen molar-refractivity contribution in [3.05, 3.63) is 35.4 Å². The van der Waals surface area contributed by atoms with E-state index in [0.717, 1.165) is 11.1 Å². The average Bonchev–Trinajstić information content (AvgIpc) is 2.97. The van der Waals surface area contributed by atoms with E-state index in [1.165, 1.54) is 4.90 Å². The van der Waals surface area contributed by atoms with Gasteiger partial charge in [-0.15, -0.1) is 11.6 Å². The lowest BCUT2D eigenvalue weighted by molar-refractivity contribution is -0.195. The normalized spacial score (nSPS) is 24.4. The van der Waals surface area contributed by atoms with Gasteiger partial charge in [-0.25, -0.2) is 0 Å². The van der Waals surface area contributed by atoms with Crippen molar-refractivity contribution in [1.29, 1.82) is 0 Å². The zero-order valence-electron chi connectivity index (χ0n) is 15.0. The highest BCUT2D eigenvalue weighted by Gasteiger charge is 2.50. The van der Waals surface area contributed by atoms with Gasteiger partial charge in [-0.2, -0.15) is 13.2 Å². The van der Waals surface area contributed by atoms with Crippen molar-refractivity contribution in [2.75, 3.05) is 19.0 Å². The van der Waals surface area contributed by atoms with E-state index in [4.69, 9.17) is 11.6 Å². The second-order valence-electron chi connectivity index (χ2n) is 7.68. The number of carbonyl (C=O) groups is 2. The Morgan fingerprint density at radius 2 is 1.85 bits per heavy atom. The summed E-state index contributed by atoms with van der Waals surface area (Å²) in [4.78, 5) is 26.2. The van der Waals surface area contributed by atoms with E-state index in [-0.39, 0.29) is 25.4 Å². The third-order valence-corrected chi connectivity index (χ3v) is 5.83. The van der Waals surface area contributed by atoms with Crippen LogP contribution in [0.5, 0.6) is 0 Å². The van der Waals surface area contributed by atoms with Crippen molar-refractivity contribution >= 4 is 23.4 Å². The number of amides is 2. The molecule has 8 heteroatoms. The lowest BCUT2D eigenvalue weighted by atomic mass is 9.83. The monoisotopic (exact) mass is 402 g/mol. The minimum Gasteiger partial charge on any atom is -0.350 e. The quantitative estimate of drug-likeness (QED) is 0.790. The van der Waals surface area contributed by atoms with Crippen LogP contribution >= 0.6 is 11.6 Å². The van der Waals surface area contributed by atoms with Crippen LogP contribution in [0.4, 0.5) is 13.2 Å². The maximum absolute atomic E-state index is 13.3. The molecule has 2 unspecified atom stereocenters. The summed E-state index contributed by atoms with van der Waals surface area (Å²) < 4.78 is 40.0. The molecule has 0 radical (unpaired) electrons. The fraction of sp³-hybridized carbons (Fsp3) is 0.579. The fourth-order valence-electron chi connectivity index (χ4n) is 4.26. The van der Waals surface area contributed by atoms with Gasteiger partial charge in [0.15, 0.2) is 0 Å². The van der Waals surface area contributed by atoms with Crippen LogP contribution in [0.1, 0.15) is 24.5 Å². The van der Waals surface area contributed by atoms with Crippen molar-refractivity contribution in [1.82, 2.24) is 10.2 Å². The highest BCUT2D eigenvalue weighted by Crippen LogP contribution is 2.40. The van der Waals surface area contributed by atoms with Gasteiger partial charge in [0, 0.05) is 13.1 Å². The Morgan fingerprint density at radius 3 is 2.37 bits per heavy atom. The summed E-state index contributed by atoms with van der Waals surface area (Å²) in [5.41, 5.74) is 1.53. The predicted octanol–water partition coefficient (Wildman–Crippen LogP) is 2.93. The molecule has 1 saturated heterocycles. The first-order chi connectivity index (χ1) is 12.6. The maximum Gasteiger partial charge on any atom is 0.393 e. The molecule has 2 aliphatic rings. The van der Waals surface area contributed by atoms with E-state index in [2.05, 4.69) is 5.32 Å². The van der Waals surface area contributed by atoms with Crippen molar-refractivity contribution in [3.8, 4) is 0 Å². The Kier molecular flexibility index (Phi) is 5.43. The Bertz CT molecular complexity index is 713. The van der Waals surface area contributed by atoms with Gasteiger partial charge in [0.1, 0.15) is 5.88 Å². The topological polar surface area (TPSA) is 49.4 Å². The molecule has 1 N–H and O–H groups in total. The number of benzene rings is 1. The molecule has 27 heavy (non-hydrogen) atoms. The number of rotatable bonds is 3. The van der Waals surface area contributed by atoms with Gasteiger partial charge < -0.3 is 10.2 Å². The van der Waals surface area contributed by atoms with Crippen LogP contribution in [-0.4, -0.2) is 47.9 Å². The molecular weight excluding hydrogens is 381 g/mol. The van der Waals surface area contributed by atoms with Crippen LogP contribution in [0.2, 0.25) is 0 Å². The Labute approximate surface area is 161 Å². The van der Waals surface area contributed by atoms with Gasteiger partial charge in [-0.1, -0.05) is 31.2 Å². The molecular formula is C19H22ClF3N2O2. The lowest BCUT2D eigenvalue weighted by Crippen LogP contribution is -2.59. The second-order valence-corrected chi connectivity index (χ2v) is 7.95. The molecule has 3 rings (SSSR count). The summed E-state index contributed by atoms with van der Waals surface area (Å²) >= 11 is 5.44. The molecule has 148 valence electrons. The number of alkyl halides is 4. The SMILES string of the molecule is CC1(C(=O)N2CCC(C(F)(F)F)C(NC(=O)CCl)C2)Cc2ccccc2C1. The van der Waals surface area contributed by atoms with Gasteiger partial charge >= 0.3 is 6.18 Å². The summed E-state index contributed by atoms with van der Waals surface area (Å²) in [6.07, 6.45) is -3.53. The number of piperidine rings is 1. The summed E-state index contributed by atoms with van der Waals surface area (Å²) in [6.45, 7) is 1.73. The van der Waals surface area contributed by atoms with E-state index in [0.29, 0.717) is 12.8 Å². The summed E-state index contributed by atoms with van der Waals surface area (Å²) in [6, 6.07) is 6.62. The number of carbonyl (C=O) groups excluding carboxylic acids is 2. The molecule has 4 nitrogen and oxygen atoms in total. The summed E-state index contributed by atoms with van der Waals surface area (Å²) in [7, 11) is 0. The smallest absolute Gasteiger partial charge is 0.350 e. The third kappa shape index (κ3) is 4.08. The Hall–Kier alpha value is -1.76. The van der Waals surface area contributed by atoms with Crippen LogP contribution in [0, 0.1) is 11.3 Å². The van der Waals surface area contributed by atoms with Crippen LogP contribution < -0.4 is 5.32 Å².